The maximum atomic E-state index is 12.8. The average Bonchev–Trinajstić information content (AvgIpc) is 3.17. The first kappa shape index (κ1) is 19.8. The van der Waals surface area contributed by atoms with Gasteiger partial charge < -0.3 is 19.9 Å². The highest BCUT2D eigenvalue weighted by Crippen LogP contribution is 2.23. The molecule has 3 aromatic rings. The Labute approximate surface area is 175 Å². The molecule has 9 heteroatoms. The van der Waals surface area contributed by atoms with E-state index >= 15 is 0 Å². The van der Waals surface area contributed by atoms with Crippen LogP contribution in [0, 0.1) is 0 Å². The van der Waals surface area contributed by atoms with Crippen LogP contribution in [0.3, 0.4) is 0 Å². The summed E-state index contributed by atoms with van der Waals surface area (Å²) in [5.41, 5.74) is 2.56. The van der Waals surface area contributed by atoms with Gasteiger partial charge in [-0.15, -0.1) is 0 Å². The summed E-state index contributed by atoms with van der Waals surface area (Å²) in [7, 11) is 5.47. The number of benzene rings is 1. The van der Waals surface area contributed by atoms with Gasteiger partial charge in [0.25, 0.3) is 5.91 Å². The lowest BCUT2D eigenvalue weighted by Crippen LogP contribution is -2.45. The number of methoxy groups -OCH3 is 1. The Balaban J connectivity index is 1.45. The minimum atomic E-state index is -0.268. The fourth-order valence-corrected chi connectivity index (χ4v) is 3.35. The highest BCUT2D eigenvalue weighted by molar-refractivity contribution is 6.03. The van der Waals surface area contributed by atoms with Crippen molar-refractivity contribution in [3.05, 3.63) is 48.4 Å². The largest absolute Gasteiger partial charge is 0.497 e. The van der Waals surface area contributed by atoms with Gasteiger partial charge in [0.15, 0.2) is 0 Å². The first-order chi connectivity index (χ1) is 14.5. The second-order valence-electron chi connectivity index (χ2n) is 7.29. The van der Waals surface area contributed by atoms with Crippen LogP contribution in [0.15, 0.2) is 42.7 Å². The third kappa shape index (κ3) is 4.25. The van der Waals surface area contributed by atoms with E-state index in [4.69, 9.17) is 4.74 Å². The van der Waals surface area contributed by atoms with E-state index in [1.165, 1.54) is 0 Å². The van der Waals surface area contributed by atoms with Gasteiger partial charge in [-0.1, -0.05) is 12.1 Å². The number of carbonyl (C=O) groups is 1. The van der Waals surface area contributed by atoms with Gasteiger partial charge in [0, 0.05) is 38.8 Å². The molecule has 1 aliphatic heterocycles. The van der Waals surface area contributed by atoms with Gasteiger partial charge in [-0.05, 0) is 25.2 Å². The van der Waals surface area contributed by atoms with Crippen LogP contribution < -0.4 is 15.0 Å². The molecular formula is C21H25N7O2. The fraction of sp³-hybridized carbons (Fsp3) is 0.333. The van der Waals surface area contributed by atoms with E-state index in [1.807, 2.05) is 24.3 Å². The SMILES string of the molecule is COc1cccc(-c2cc(C(=O)Nc3cnc(N4CCN(C)CC4)nc3)n(C)n2)c1. The number of anilines is 2. The summed E-state index contributed by atoms with van der Waals surface area (Å²) in [6, 6.07) is 9.32. The van der Waals surface area contributed by atoms with Crippen LogP contribution in [-0.2, 0) is 7.05 Å². The van der Waals surface area contributed by atoms with Crippen LogP contribution in [-0.4, -0.2) is 70.9 Å². The van der Waals surface area contributed by atoms with Crippen LogP contribution in [0.1, 0.15) is 10.5 Å². The van der Waals surface area contributed by atoms with Crippen molar-refractivity contribution >= 4 is 17.5 Å². The molecule has 0 bridgehead atoms. The summed E-state index contributed by atoms with van der Waals surface area (Å²) in [5, 5.41) is 7.31. The summed E-state index contributed by atoms with van der Waals surface area (Å²) in [5.74, 6) is 1.15. The number of nitrogens with one attached hydrogen (secondary N) is 1. The molecule has 9 nitrogen and oxygen atoms in total. The van der Waals surface area contributed by atoms with Gasteiger partial charge in [0.2, 0.25) is 5.95 Å². The summed E-state index contributed by atoms with van der Waals surface area (Å²) in [6.07, 6.45) is 3.27. The average molecular weight is 407 g/mol. The maximum absolute atomic E-state index is 12.8. The lowest BCUT2D eigenvalue weighted by Gasteiger charge is -2.32. The lowest BCUT2D eigenvalue weighted by molar-refractivity contribution is 0.101. The van der Waals surface area contributed by atoms with E-state index in [2.05, 4.69) is 37.2 Å². The van der Waals surface area contributed by atoms with E-state index in [-0.39, 0.29) is 5.91 Å². The molecule has 30 heavy (non-hydrogen) atoms. The molecule has 4 rings (SSSR count). The van der Waals surface area contributed by atoms with E-state index < -0.39 is 0 Å². The van der Waals surface area contributed by atoms with Crippen molar-refractivity contribution in [3.63, 3.8) is 0 Å². The molecule has 0 unspecified atom stereocenters. The number of ether oxygens (including phenoxy) is 1. The Hall–Kier alpha value is -3.46. The number of nitrogens with zero attached hydrogens (tertiary/aromatic N) is 6. The normalized spacial score (nSPS) is 14.6. The van der Waals surface area contributed by atoms with Gasteiger partial charge >= 0.3 is 0 Å². The fourth-order valence-electron chi connectivity index (χ4n) is 3.35. The minimum absolute atomic E-state index is 0.268. The molecule has 0 saturated carbocycles. The van der Waals surface area contributed by atoms with E-state index in [0.29, 0.717) is 23.0 Å². The Morgan fingerprint density at radius 2 is 1.80 bits per heavy atom. The molecule has 0 atom stereocenters. The topological polar surface area (TPSA) is 88.4 Å². The van der Waals surface area contributed by atoms with Crippen LogP contribution in [0.25, 0.3) is 11.3 Å². The van der Waals surface area contributed by atoms with Crippen LogP contribution in [0.4, 0.5) is 11.6 Å². The standard InChI is InChI=1S/C21H25N7O2/c1-26-7-9-28(10-8-26)21-22-13-16(14-23-21)24-20(29)19-12-18(25-27(19)2)15-5-4-6-17(11-15)30-3/h4-6,11-14H,7-10H2,1-3H3,(H,24,29). The number of hydrogen-bond donors (Lipinski definition) is 1. The van der Waals surface area contributed by atoms with E-state index in [9.17, 15) is 4.79 Å². The van der Waals surface area contributed by atoms with Crippen molar-refractivity contribution in [1.29, 1.82) is 0 Å². The van der Waals surface area contributed by atoms with Crippen molar-refractivity contribution < 1.29 is 9.53 Å². The minimum Gasteiger partial charge on any atom is -0.497 e. The van der Waals surface area contributed by atoms with Gasteiger partial charge in [0.05, 0.1) is 30.9 Å². The summed E-state index contributed by atoms with van der Waals surface area (Å²) in [6.45, 7) is 3.75. The van der Waals surface area contributed by atoms with E-state index in [0.717, 1.165) is 37.5 Å². The first-order valence-electron chi connectivity index (χ1n) is 9.79. The third-order valence-electron chi connectivity index (χ3n) is 5.16. The maximum Gasteiger partial charge on any atom is 0.274 e. The van der Waals surface area contributed by atoms with Gasteiger partial charge in [-0.3, -0.25) is 9.48 Å². The molecule has 1 amide bonds. The number of amides is 1. The van der Waals surface area contributed by atoms with Crippen molar-refractivity contribution in [3.8, 4) is 17.0 Å². The number of piperazine rings is 1. The number of aryl methyl sites for hydroxylation is 1. The molecule has 2 aromatic heterocycles. The molecule has 1 fully saturated rings. The second-order valence-corrected chi connectivity index (χ2v) is 7.29. The first-order valence-corrected chi connectivity index (χ1v) is 9.79. The number of likely N-dealkylation sites (N-methyl/N-ethyl adjacent to an activating group) is 1. The molecular weight excluding hydrogens is 382 g/mol. The Morgan fingerprint density at radius 1 is 1.07 bits per heavy atom. The predicted octanol–water partition coefficient (Wildman–Crippen LogP) is 1.89. The monoisotopic (exact) mass is 407 g/mol. The Morgan fingerprint density at radius 3 is 2.50 bits per heavy atom. The molecule has 156 valence electrons. The van der Waals surface area contributed by atoms with E-state index in [1.54, 1.807) is 37.3 Å². The number of hydrogen-bond acceptors (Lipinski definition) is 7. The van der Waals surface area contributed by atoms with Gasteiger partial charge in [-0.2, -0.15) is 5.10 Å². The second kappa shape index (κ2) is 8.50. The molecule has 1 N–H and O–H groups in total. The van der Waals surface area contributed by atoms with Crippen LogP contribution in [0.5, 0.6) is 5.75 Å². The van der Waals surface area contributed by atoms with Crippen molar-refractivity contribution in [2.24, 2.45) is 7.05 Å². The van der Waals surface area contributed by atoms with Crippen molar-refractivity contribution in [1.82, 2.24) is 24.6 Å². The summed E-state index contributed by atoms with van der Waals surface area (Å²) in [4.78, 5) is 26.0. The third-order valence-corrected chi connectivity index (χ3v) is 5.16. The van der Waals surface area contributed by atoms with Crippen LogP contribution in [0.2, 0.25) is 0 Å². The number of rotatable bonds is 5. The van der Waals surface area contributed by atoms with Gasteiger partial charge in [0.1, 0.15) is 11.4 Å². The number of aromatic nitrogens is 4. The zero-order valence-electron chi connectivity index (χ0n) is 17.4. The zero-order valence-corrected chi connectivity index (χ0v) is 17.4. The highest BCUT2D eigenvalue weighted by Gasteiger charge is 2.18. The van der Waals surface area contributed by atoms with Crippen LogP contribution >= 0.6 is 0 Å². The lowest BCUT2D eigenvalue weighted by atomic mass is 10.1. The highest BCUT2D eigenvalue weighted by atomic mass is 16.5. The molecule has 3 heterocycles. The molecule has 0 spiro atoms. The molecule has 1 saturated heterocycles. The van der Waals surface area contributed by atoms with Gasteiger partial charge in [-0.25, -0.2) is 9.97 Å². The molecule has 0 radical (unpaired) electrons. The number of carbonyl (C=O) groups excluding carboxylic acids is 1. The van der Waals surface area contributed by atoms with Crippen molar-refractivity contribution in [2.45, 2.75) is 0 Å². The summed E-state index contributed by atoms with van der Waals surface area (Å²) >= 11 is 0. The summed E-state index contributed by atoms with van der Waals surface area (Å²) < 4.78 is 6.82. The molecule has 0 aliphatic carbocycles. The smallest absolute Gasteiger partial charge is 0.274 e. The van der Waals surface area contributed by atoms with Crippen molar-refractivity contribution in [2.75, 3.05) is 50.6 Å². The quantitative estimate of drug-likeness (QED) is 0.691. The zero-order chi connectivity index (χ0) is 21.1. The predicted molar refractivity (Wildman–Crippen MR) is 115 cm³/mol. The molecule has 1 aromatic carbocycles. The Kier molecular flexibility index (Phi) is 5.62. The molecule has 1 aliphatic rings. The Bertz CT molecular complexity index is 1020.